The molecule has 114 valence electrons. The highest BCUT2D eigenvalue weighted by Gasteiger charge is 2.21. The van der Waals surface area contributed by atoms with Gasteiger partial charge in [0, 0.05) is 23.8 Å². The van der Waals surface area contributed by atoms with Gasteiger partial charge in [-0.1, -0.05) is 19.9 Å². The van der Waals surface area contributed by atoms with Crippen LogP contribution in [-0.4, -0.2) is 30.6 Å². The van der Waals surface area contributed by atoms with Crippen LogP contribution in [0.1, 0.15) is 32.3 Å². The summed E-state index contributed by atoms with van der Waals surface area (Å²) in [6.07, 6.45) is 2.57. The summed E-state index contributed by atoms with van der Waals surface area (Å²) < 4.78 is 1.40. The SMILES string of the molecule is CC(C)CN(Cc1ccc2sccc2c1)C1CCNCC1. The van der Waals surface area contributed by atoms with E-state index in [0.29, 0.717) is 0 Å². The first kappa shape index (κ1) is 15.0. The van der Waals surface area contributed by atoms with Gasteiger partial charge in [0.1, 0.15) is 0 Å². The minimum atomic E-state index is 0.727. The normalized spacial score (nSPS) is 17.1. The maximum Gasteiger partial charge on any atom is 0.0342 e. The van der Waals surface area contributed by atoms with Crippen LogP contribution in [0.25, 0.3) is 10.1 Å². The summed E-state index contributed by atoms with van der Waals surface area (Å²) in [6, 6.07) is 9.95. The lowest BCUT2D eigenvalue weighted by molar-refractivity contribution is 0.137. The second-order valence-electron chi connectivity index (χ2n) is 6.60. The number of hydrogen-bond donors (Lipinski definition) is 1. The molecule has 1 aliphatic rings. The lowest BCUT2D eigenvalue weighted by Gasteiger charge is -2.35. The monoisotopic (exact) mass is 302 g/mol. The average Bonchev–Trinajstić information content (AvgIpc) is 2.94. The van der Waals surface area contributed by atoms with Crippen LogP contribution >= 0.6 is 11.3 Å². The van der Waals surface area contributed by atoms with Gasteiger partial charge in [-0.25, -0.2) is 0 Å². The van der Waals surface area contributed by atoms with E-state index in [0.717, 1.165) is 18.5 Å². The summed E-state index contributed by atoms with van der Waals surface area (Å²) in [5, 5.41) is 7.07. The van der Waals surface area contributed by atoms with Crippen molar-refractivity contribution in [1.82, 2.24) is 10.2 Å². The number of hydrogen-bond acceptors (Lipinski definition) is 3. The molecule has 1 fully saturated rings. The van der Waals surface area contributed by atoms with E-state index in [4.69, 9.17) is 0 Å². The second kappa shape index (κ2) is 6.91. The lowest BCUT2D eigenvalue weighted by Crippen LogP contribution is -2.44. The number of thiophene rings is 1. The molecule has 21 heavy (non-hydrogen) atoms. The summed E-state index contributed by atoms with van der Waals surface area (Å²) in [6.45, 7) is 9.29. The Hall–Kier alpha value is -0.900. The zero-order valence-electron chi connectivity index (χ0n) is 13.1. The first-order chi connectivity index (χ1) is 10.2. The molecule has 0 amide bonds. The minimum Gasteiger partial charge on any atom is -0.317 e. The van der Waals surface area contributed by atoms with Gasteiger partial charge in [-0.15, -0.1) is 11.3 Å². The lowest BCUT2D eigenvalue weighted by atomic mass is 10.0. The molecule has 0 saturated carbocycles. The van der Waals surface area contributed by atoms with Crippen LogP contribution in [0, 0.1) is 5.92 Å². The van der Waals surface area contributed by atoms with E-state index in [2.05, 4.69) is 53.7 Å². The number of nitrogens with zero attached hydrogens (tertiary/aromatic N) is 1. The first-order valence-corrected chi connectivity index (χ1v) is 9.01. The molecule has 0 atom stereocenters. The highest BCUT2D eigenvalue weighted by atomic mass is 32.1. The van der Waals surface area contributed by atoms with Crippen LogP contribution in [0.4, 0.5) is 0 Å². The van der Waals surface area contributed by atoms with Crippen molar-refractivity contribution in [1.29, 1.82) is 0 Å². The number of nitrogens with one attached hydrogen (secondary N) is 1. The van der Waals surface area contributed by atoms with Crippen LogP contribution < -0.4 is 5.32 Å². The van der Waals surface area contributed by atoms with Crippen LogP contribution in [0.3, 0.4) is 0 Å². The largest absolute Gasteiger partial charge is 0.317 e. The molecule has 1 N–H and O–H groups in total. The number of fused-ring (bicyclic) bond motifs is 1. The Morgan fingerprint density at radius 1 is 1.24 bits per heavy atom. The smallest absolute Gasteiger partial charge is 0.0342 e. The highest BCUT2D eigenvalue weighted by Crippen LogP contribution is 2.24. The number of benzene rings is 1. The number of piperidine rings is 1. The van der Waals surface area contributed by atoms with Crippen molar-refractivity contribution in [3.63, 3.8) is 0 Å². The molecular formula is C18H26N2S. The van der Waals surface area contributed by atoms with Crippen molar-refractivity contribution in [2.75, 3.05) is 19.6 Å². The van der Waals surface area contributed by atoms with Gasteiger partial charge >= 0.3 is 0 Å². The van der Waals surface area contributed by atoms with E-state index in [9.17, 15) is 0 Å². The van der Waals surface area contributed by atoms with Gasteiger partial charge < -0.3 is 5.32 Å². The van der Waals surface area contributed by atoms with E-state index in [1.54, 1.807) is 0 Å². The number of rotatable bonds is 5. The summed E-state index contributed by atoms with van der Waals surface area (Å²) in [7, 11) is 0. The Morgan fingerprint density at radius 2 is 2.05 bits per heavy atom. The van der Waals surface area contributed by atoms with Crippen molar-refractivity contribution in [3.05, 3.63) is 35.2 Å². The molecule has 0 aliphatic carbocycles. The minimum absolute atomic E-state index is 0.727. The zero-order chi connectivity index (χ0) is 14.7. The molecule has 0 radical (unpaired) electrons. The Labute approximate surface area is 132 Å². The van der Waals surface area contributed by atoms with Crippen molar-refractivity contribution in [3.8, 4) is 0 Å². The standard InChI is InChI=1S/C18H26N2S/c1-14(2)12-20(17-5-8-19-9-6-17)13-15-3-4-18-16(11-15)7-10-21-18/h3-4,7,10-11,14,17,19H,5-6,8-9,12-13H2,1-2H3. The van der Waals surface area contributed by atoms with Gasteiger partial charge in [0.25, 0.3) is 0 Å². The highest BCUT2D eigenvalue weighted by molar-refractivity contribution is 7.17. The maximum atomic E-state index is 3.48. The molecule has 2 aromatic rings. The molecule has 3 heteroatoms. The molecule has 1 aromatic carbocycles. The van der Waals surface area contributed by atoms with Crippen molar-refractivity contribution >= 4 is 21.4 Å². The molecular weight excluding hydrogens is 276 g/mol. The molecule has 1 aromatic heterocycles. The average molecular weight is 302 g/mol. The van der Waals surface area contributed by atoms with E-state index < -0.39 is 0 Å². The topological polar surface area (TPSA) is 15.3 Å². The molecule has 2 heterocycles. The van der Waals surface area contributed by atoms with E-state index >= 15 is 0 Å². The van der Waals surface area contributed by atoms with E-state index in [1.807, 2.05) is 11.3 Å². The Balaban J connectivity index is 1.75. The van der Waals surface area contributed by atoms with Crippen molar-refractivity contribution < 1.29 is 0 Å². The Morgan fingerprint density at radius 3 is 2.81 bits per heavy atom. The van der Waals surface area contributed by atoms with Crippen LogP contribution in [0.2, 0.25) is 0 Å². The van der Waals surface area contributed by atoms with Gasteiger partial charge in [-0.3, -0.25) is 4.90 Å². The van der Waals surface area contributed by atoms with Gasteiger partial charge in [0.2, 0.25) is 0 Å². The van der Waals surface area contributed by atoms with Crippen LogP contribution in [-0.2, 0) is 6.54 Å². The van der Waals surface area contributed by atoms with Crippen molar-refractivity contribution in [2.45, 2.75) is 39.3 Å². The van der Waals surface area contributed by atoms with Gasteiger partial charge in [0.15, 0.2) is 0 Å². The molecule has 0 spiro atoms. The van der Waals surface area contributed by atoms with Crippen molar-refractivity contribution in [2.24, 2.45) is 5.92 Å². The molecule has 3 rings (SSSR count). The fourth-order valence-electron chi connectivity index (χ4n) is 3.33. The first-order valence-electron chi connectivity index (χ1n) is 8.13. The zero-order valence-corrected chi connectivity index (χ0v) is 14.0. The summed E-state index contributed by atoms with van der Waals surface area (Å²) >= 11 is 1.83. The Bertz CT molecular complexity index is 569. The van der Waals surface area contributed by atoms with Gasteiger partial charge in [-0.05, 0) is 66.4 Å². The molecule has 0 unspecified atom stereocenters. The predicted octanol–water partition coefficient (Wildman–Crippen LogP) is 4.11. The van der Waals surface area contributed by atoms with Gasteiger partial charge in [0.05, 0.1) is 0 Å². The fraction of sp³-hybridized carbons (Fsp3) is 0.556. The third-order valence-electron chi connectivity index (χ3n) is 4.33. The molecule has 0 bridgehead atoms. The second-order valence-corrected chi connectivity index (χ2v) is 7.54. The Kier molecular flexibility index (Phi) is 4.94. The predicted molar refractivity (Wildman–Crippen MR) is 93.0 cm³/mol. The molecule has 2 nitrogen and oxygen atoms in total. The quantitative estimate of drug-likeness (QED) is 0.894. The summed E-state index contributed by atoms with van der Waals surface area (Å²) in [5.74, 6) is 0.727. The molecule has 1 saturated heterocycles. The summed E-state index contributed by atoms with van der Waals surface area (Å²) in [4.78, 5) is 2.71. The van der Waals surface area contributed by atoms with Crippen LogP contribution in [0.5, 0.6) is 0 Å². The third kappa shape index (κ3) is 3.85. The van der Waals surface area contributed by atoms with Crippen LogP contribution in [0.15, 0.2) is 29.6 Å². The molecule has 1 aliphatic heterocycles. The fourth-order valence-corrected chi connectivity index (χ4v) is 4.10. The van der Waals surface area contributed by atoms with Gasteiger partial charge in [-0.2, -0.15) is 0 Å². The summed E-state index contributed by atoms with van der Waals surface area (Å²) in [5.41, 5.74) is 1.46. The third-order valence-corrected chi connectivity index (χ3v) is 5.23. The maximum absolute atomic E-state index is 3.48. The van der Waals surface area contributed by atoms with E-state index in [-0.39, 0.29) is 0 Å². The van der Waals surface area contributed by atoms with E-state index in [1.165, 1.54) is 48.1 Å².